The van der Waals surface area contributed by atoms with Gasteiger partial charge in [-0.3, -0.25) is 4.79 Å². The fourth-order valence-electron chi connectivity index (χ4n) is 1.89. The van der Waals surface area contributed by atoms with Gasteiger partial charge in [0, 0.05) is 6.54 Å². The highest BCUT2D eigenvalue weighted by Gasteiger charge is 2.28. The van der Waals surface area contributed by atoms with E-state index in [-0.39, 0.29) is 11.4 Å². The highest BCUT2D eigenvalue weighted by molar-refractivity contribution is 5.81. The predicted molar refractivity (Wildman–Crippen MR) is 77.0 cm³/mol. The van der Waals surface area contributed by atoms with Crippen LogP contribution in [0.4, 0.5) is 0 Å². The van der Waals surface area contributed by atoms with E-state index in [1.165, 1.54) is 0 Å². The van der Waals surface area contributed by atoms with Crippen molar-refractivity contribution in [3.05, 3.63) is 30.3 Å². The lowest BCUT2D eigenvalue weighted by atomic mass is 9.92. The molecular weight excluding hydrogens is 240 g/mol. The number of carbonyl (C=O) groups is 1. The van der Waals surface area contributed by atoms with E-state index in [0.29, 0.717) is 12.3 Å². The Bertz CT molecular complexity index is 380. The van der Waals surface area contributed by atoms with Gasteiger partial charge < -0.3 is 15.8 Å². The molecule has 0 bridgehead atoms. The van der Waals surface area contributed by atoms with Crippen molar-refractivity contribution in [1.29, 1.82) is 0 Å². The van der Waals surface area contributed by atoms with Crippen molar-refractivity contribution in [1.82, 2.24) is 5.32 Å². The first-order valence-electron chi connectivity index (χ1n) is 6.80. The SMILES string of the molecule is CCC(CC)(CN)NC(=O)C(C)Oc1ccccc1. The highest BCUT2D eigenvalue weighted by Crippen LogP contribution is 2.15. The molecule has 0 spiro atoms. The van der Waals surface area contributed by atoms with Crippen LogP contribution in [0.2, 0.25) is 0 Å². The van der Waals surface area contributed by atoms with Gasteiger partial charge in [-0.05, 0) is 31.9 Å². The lowest BCUT2D eigenvalue weighted by Crippen LogP contribution is -2.55. The first-order valence-corrected chi connectivity index (χ1v) is 6.80. The van der Waals surface area contributed by atoms with Crippen LogP contribution in [0.3, 0.4) is 0 Å². The second kappa shape index (κ2) is 7.14. The molecule has 0 saturated heterocycles. The molecule has 0 aliphatic rings. The van der Waals surface area contributed by atoms with Gasteiger partial charge in [-0.15, -0.1) is 0 Å². The van der Waals surface area contributed by atoms with Crippen LogP contribution in [-0.2, 0) is 4.79 Å². The Morgan fingerprint density at radius 2 is 1.89 bits per heavy atom. The smallest absolute Gasteiger partial charge is 0.261 e. The normalized spacial score (nSPS) is 12.8. The van der Waals surface area contributed by atoms with Gasteiger partial charge >= 0.3 is 0 Å². The molecule has 106 valence electrons. The maximum absolute atomic E-state index is 12.1. The summed E-state index contributed by atoms with van der Waals surface area (Å²) in [4.78, 5) is 12.1. The molecule has 19 heavy (non-hydrogen) atoms. The minimum atomic E-state index is -0.536. The Kier molecular flexibility index (Phi) is 5.83. The lowest BCUT2D eigenvalue weighted by Gasteiger charge is -2.32. The minimum Gasteiger partial charge on any atom is -0.481 e. The van der Waals surface area contributed by atoms with Crippen LogP contribution < -0.4 is 15.8 Å². The zero-order chi connectivity index (χ0) is 14.3. The second-order valence-corrected chi connectivity index (χ2v) is 4.75. The van der Waals surface area contributed by atoms with Crippen LogP contribution in [0.15, 0.2) is 30.3 Å². The quantitative estimate of drug-likeness (QED) is 0.792. The summed E-state index contributed by atoms with van der Waals surface area (Å²) in [6.07, 6.45) is 1.08. The molecule has 1 aromatic carbocycles. The average molecular weight is 264 g/mol. The molecule has 1 unspecified atom stereocenters. The molecule has 0 heterocycles. The maximum Gasteiger partial charge on any atom is 0.261 e. The van der Waals surface area contributed by atoms with E-state index in [1.54, 1.807) is 6.92 Å². The number of carbonyl (C=O) groups excluding carboxylic acids is 1. The van der Waals surface area contributed by atoms with Crippen molar-refractivity contribution in [3.8, 4) is 5.75 Å². The van der Waals surface area contributed by atoms with E-state index in [1.807, 2.05) is 44.2 Å². The number of benzene rings is 1. The van der Waals surface area contributed by atoms with Crippen LogP contribution in [-0.4, -0.2) is 24.1 Å². The molecular formula is C15H24N2O2. The summed E-state index contributed by atoms with van der Waals surface area (Å²) in [7, 11) is 0. The van der Waals surface area contributed by atoms with Gasteiger partial charge in [0.1, 0.15) is 5.75 Å². The summed E-state index contributed by atoms with van der Waals surface area (Å²) in [5.74, 6) is 0.564. The van der Waals surface area contributed by atoms with E-state index >= 15 is 0 Å². The van der Waals surface area contributed by atoms with Crippen molar-refractivity contribution in [3.63, 3.8) is 0 Å². The number of para-hydroxylation sites is 1. The summed E-state index contributed by atoms with van der Waals surface area (Å²) in [5.41, 5.74) is 5.45. The zero-order valence-electron chi connectivity index (χ0n) is 12.0. The number of nitrogens with two attached hydrogens (primary N) is 1. The fourth-order valence-corrected chi connectivity index (χ4v) is 1.89. The van der Waals surface area contributed by atoms with Crippen molar-refractivity contribution < 1.29 is 9.53 Å². The third-order valence-corrected chi connectivity index (χ3v) is 3.56. The first-order chi connectivity index (χ1) is 9.06. The summed E-state index contributed by atoms with van der Waals surface area (Å²) in [5, 5.41) is 3.01. The van der Waals surface area contributed by atoms with Crippen LogP contribution in [0.5, 0.6) is 5.75 Å². The second-order valence-electron chi connectivity index (χ2n) is 4.75. The van der Waals surface area contributed by atoms with Crippen LogP contribution >= 0.6 is 0 Å². The van der Waals surface area contributed by atoms with Gasteiger partial charge in [0.05, 0.1) is 5.54 Å². The maximum atomic E-state index is 12.1. The Morgan fingerprint density at radius 3 is 2.37 bits per heavy atom. The molecule has 0 aromatic heterocycles. The summed E-state index contributed by atoms with van der Waals surface area (Å²) >= 11 is 0. The molecule has 1 atom stereocenters. The number of rotatable bonds is 7. The Morgan fingerprint density at radius 1 is 1.32 bits per heavy atom. The molecule has 1 amide bonds. The number of nitrogens with one attached hydrogen (secondary N) is 1. The van der Waals surface area contributed by atoms with Gasteiger partial charge in [0.25, 0.3) is 5.91 Å². The van der Waals surface area contributed by atoms with Crippen molar-refractivity contribution in [2.45, 2.75) is 45.3 Å². The van der Waals surface area contributed by atoms with E-state index in [0.717, 1.165) is 12.8 Å². The highest BCUT2D eigenvalue weighted by atomic mass is 16.5. The summed E-state index contributed by atoms with van der Waals surface area (Å²) in [6, 6.07) is 9.33. The van der Waals surface area contributed by atoms with Crippen LogP contribution in [0, 0.1) is 0 Å². The number of hydrogen-bond donors (Lipinski definition) is 2. The van der Waals surface area contributed by atoms with Crippen molar-refractivity contribution in [2.75, 3.05) is 6.54 Å². The van der Waals surface area contributed by atoms with Gasteiger partial charge in [-0.2, -0.15) is 0 Å². The Hall–Kier alpha value is -1.55. The fraction of sp³-hybridized carbons (Fsp3) is 0.533. The van der Waals surface area contributed by atoms with E-state index in [2.05, 4.69) is 5.32 Å². The van der Waals surface area contributed by atoms with E-state index in [4.69, 9.17) is 10.5 Å². The predicted octanol–water partition coefficient (Wildman–Crippen LogP) is 2.09. The molecule has 0 aliphatic carbocycles. The van der Waals surface area contributed by atoms with E-state index in [9.17, 15) is 4.79 Å². The van der Waals surface area contributed by atoms with Gasteiger partial charge in [-0.1, -0.05) is 32.0 Å². The Balaban J connectivity index is 2.62. The third kappa shape index (κ3) is 4.24. The molecule has 1 rings (SSSR count). The minimum absolute atomic E-state index is 0.127. The first kappa shape index (κ1) is 15.5. The molecule has 0 radical (unpaired) electrons. The van der Waals surface area contributed by atoms with Gasteiger partial charge in [0.15, 0.2) is 6.10 Å². The van der Waals surface area contributed by atoms with Crippen molar-refractivity contribution in [2.24, 2.45) is 5.73 Å². The lowest BCUT2D eigenvalue weighted by molar-refractivity contribution is -0.129. The van der Waals surface area contributed by atoms with Gasteiger partial charge in [0.2, 0.25) is 0 Å². The molecule has 4 heteroatoms. The summed E-state index contributed by atoms with van der Waals surface area (Å²) < 4.78 is 5.60. The standard InChI is InChI=1S/C15H24N2O2/c1-4-15(5-2,11-16)17-14(18)12(3)19-13-9-7-6-8-10-13/h6-10,12H,4-5,11,16H2,1-3H3,(H,17,18). The number of amides is 1. The zero-order valence-corrected chi connectivity index (χ0v) is 12.0. The van der Waals surface area contributed by atoms with E-state index < -0.39 is 6.10 Å². The largest absolute Gasteiger partial charge is 0.481 e. The average Bonchev–Trinajstić information content (AvgIpc) is 2.45. The monoisotopic (exact) mass is 264 g/mol. The van der Waals surface area contributed by atoms with Crippen LogP contribution in [0.1, 0.15) is 33.6 Å². The third-order valence-electron chi connectivity index (χ3n) is 3.56. The molecule has 0 fully saturated rings. The molecule has 3 N–H and O–H groups in total. The van der Waals surface area contributed by atoms with Crippen LogP contribution in [0.25, 0.3) is 0 Å². The van der Waals surface area contributed by atoms with Gasteiger partial charge in [-0.25, -0.2) is 0 Å². The number of ether oxygens (including phenoxy) is 1. The summed E-state index contributed by atoms with van der Waals surface area (Å²) in [6.45, 7) is 6.23. The molecule has 4 nitrogen and oxygen atoms in total. The Labute approximate surface area is 115 Å². The van der Waals surface area contributed by atoms with Crippen molar-refractivity contribution >= 4 is 5.91 Å². The molecule has 0 aliphatic heterocycles. The molecule has 0 saturated carbocycles. The topological polar surface area (TPSA) is 64.3 Å². The molecule has 1 aromatic rings. The number of hydrogen-bond acceptors (Lipinski definition) is 3.